The smallest absolute Gasteiger partial charge is 0.338 e. The molecule has 0 aliphatic heterocycles. The third-order valence-corrected chi connectivity index (χ3v) is 2.73. The van der Waals surface area contributed by atoms with Gasteiger partial charge in [0.1, 0.15) is 5.75 Å². The summed E-state index contributed by atoms with van der Waals surface area (Å²) < 4.78 is 10.1. The number of hydrogen-bond donors (Lipinski definition) is 1. The van der Waals surface area contributed by atoms with Gasteiger partial charge in [-0.25, -0.2) is 4.79 Å². The molecule has 0 amide bonds. The standard InChI is InChI=1S/C14H18N2O3/c1-14(2,9-15)6-7-19-13(17)10-4-5-12(18-3)11(16)8-10/h4-5,8H,6-7,16H2,1-3H3. The first-order valence-corrected chi connectivity index (χ1v) is 5.91. The molecule has 1 aromatic carbocycles. The number of nitrogens with two attached hydrogens (primary N) is 1. The summed E-state index contributed by atoms with van der Waals surface area (Å²) in [5.74, 6) is 0.0604. The van der Waals surface area contributed by atoms with Gasteiger partial charge in [-0.2, -0.15) is 5.26 Å². The molecule has 0 saturated heterocycles. The second-order valence-corrected chi connectivity index (χ2v) is 4.84. The normalized spacial score (nSPS) is 10.6. The number of nitrogens with zero attached hydrogens (tertiary/aromatic N) is 1. The Labute approximate surface area is 112 Å². The molecular formula is C14H18N2O3. The van der Waals surface area contributed by atoms with Crippen LogP contribution < -0.4 is 10.5 Å². The van der Waals surface area contributed by atoms with Gasteiger partial charge < -0.3 is 15.2 Å². The van der Waals surface area contributed by atoms with E-state index in [9.17, 15) is 4.79 Å². The molecule has 2 N–H and O–H groups in total. The van der Waals surface area contributed by atoms with Crippen molar-refractivity contribution in [2.45, 2.75) is 20.3 Å². The summed E-state index contributed by atoms with van der Waals surface area (Å²) in [6.07, 6.45) is 0.487. The molecule has 0 aliphatic rings. The van der Waals surface area contributed by atoms with E-state index in [4.69, 9.17) is 20.5 Å². The molecule has 0 bridgehead atoms. The van der Waals surface area contributed by atoms with Crippen molar-refractivity contribution in [3.63, 3.8) is 0 Å². The van der Waals surface area contributed by atoms with Crippen LogP contribution in [0.4, 0.5) is 5.69 Å². The molecule has 0 saturated carbocycles. The zero-order valence-corrected chi connectivity index (χ0v) is 11.4. The van der Waals surface area contributed by atoms with Gasteiger partial charge in [-0.05, 0) is 38.5 Å². The summed E-state index contributed by atoms with van der Waals surface area (Å²) in [6, 6.07) is 6.87. The fourth-order valence-corrected chi connectivity index (χ4v) is 1.40. The van der Waals surface area contributed by atoms with Crippen LogP contribution in [-0.2, 0) is 4.74 Å². The predicted molar refractivity (Wildman–Crippen MR) is 71.7 cm³/mol. The molecule has 0 aromatic heterocycles. The monoisotopic (exact) mass is 262 g/mol. The number of methoxy groups -OCH3 is 1. The number of rotatable bonds is 5. The lowest BCUT2D eigenvalue weighted by Gasteiger charge is -2.14. The summed E-state index contributed by atoms with van der Waals surface area (Å²) in [6.45, 7) is 3.80. The van der Waals surface area contributed by atoms with Gasteiger partial charge in [0.2, 0.25) is 0 Å². The van der Waals surface area contributed by atoms with E-state index in [0.29, 0.717) is 23.4 Å². The van der Waals surface area contributed by atoms with Crippen molar-refractivity contribution in [2.75, 3.05) is 19.5 Å². The highest BCUT2D eigenvalue weighted by Gasteiger charge is 2.18. The van der Waals surface area contributed by atoms with E-state index in [-0.39, 0.29) is 6.61 Å². The topological polar surface area (TPSA) is 85.3 Å². The molecule has 0 aliphatic carbocycles. The minimum Gasteiger partial charge on any atom is -0.495 e. The SMILES string of the molecule is COc1ccc(C(=O)OCCC(C)(C)C#N)cc1N. The number of nitrogen functional groups attached to an aromatic ring is 1. The second-order valence-electron chi connectivity index (χ2n) is 4.84. The summed E-state index contributed by atoms with van der Waals surface area (Å²) in [5, 5.41) is 8.85. The summed E-state index contributed by atoms with van der Waals surface area (Å²) in [4.78, 5) is 11.8. The summed E-state index contributed by atoms with van der Waals surface area (Å²) in [5.41, 5.74) is 5.96. The number of hydrogen-bond acceptors (Lipinski definition) is 5. The molecule has 0 radical (unpaired) electrons. The van der Waals surface area contributed by atoms with Crippen molar-refractivity contribution in [3.8, 4) is 11.8 Å². The number of esters is 1. The lowest BCUT2D eigenvalue weighted by Crippen LogP contribution is -2.14. The average Bonchev–Trinajstić information content (AvgIpc) is 2.38. The van der Waals surface area contributed by atoms with Crippen LogP contribution in [0.2, 0.25) is 0 Å². The average molecular weight is 262 g/mol. The summed E-state index contributed by atoms with van der Waals surface area (Å²) in [7, 11) is 1.51. The van der Waals surface area contributed by atoms with Gasteiger partial charge in [0.05, 0.1) is 36.5 Å². The van der Waals surface area contributed by atoms with Gasteiger partial charge >= 0.3 is 5.97 Å². The molecule has 0 atom stereocenters. The molecule has 1 aromatic rings. The maximum atomic E-state index is 11.8. The molecular weight excluding hydrogens is 244 g/mol. The molecule has 0 fully saturated rings. The van der Waals surface area contributed by atoms with Gasteiger partial charge in [-0.3, -0.25) is 0 Å². The van der Waals surface area contributed by atoms with Crippen LogP contribution in [0.3, 0.4) is 0 Å². The number of carbonyl (C=O) groups excluding carboxylic acids is 1. The molecule has 5 heteroatoms. The van der Waals surface area contributed by atoms with Crippen LogP contribution in [0.15, 0.2) is 18.2 Å². The van der Waals surface area contributed by atoms with E-state index in [1.807, 2.05) is 0 Å². The number of ether oxygens (including phenoxy) is 2. The first-order valence-electron chi connectivity index (χ1n) is 5.91. The number of nitriles is 1. The van der Waals surface area contributed by atoms with Crippen molar-refractivity contribution in [1.82, 2.24) is 0 Å². The van der Waals surface area contributed by atoms with Gasteiger partial charge in [0, 0.05) is 0 Å². The van der Waals surface area contributed by atoms with E-state index < -0.39 is 11.4 Å². The first kappa shape index (κ1) is 14.8. The molecule has 0 unspecified atom stereocenters. The highest BCUT2D eigenvalue weighted by atomic mass is 16.5. The van der Waals surface area contributed by atoms with Crippen molar-refractivity contribution >= 4 is 11.7 Å². The van der Waals surface area contributed by atoms with Gasteiger partial charge in [0.15, 0.2) is 0 Å². The predicted octanol–water partition coefficient (Wildman–Crippen LogP) is 2.37. The van der Waals surface area contributed by atoms with E-state index in [1.165, 1.54) is 13.2 Å². The van der Waals surface area contributed by atoms with Crippen molar-refractivity contribution in [2.24, 2.45) is 5.41 Å². The van der Waals surface area contributed by atoms with Crippen LogP contribution in [0, 0.1) is 16.7 Å². The minimum atomic E-state index is -0.501. The molecule has 5 nitrogen and oxygen atoms in total. The Kier molecular flexibility index (Phi) is 4.76. The molecule has 1 rings (SSSR count). The maximum absolute atomic E-state index is 11.8. The number of anilines is 1. The van der Waals surface area contributed by atoms with E-state index >= 15 is 0 Å². The fourth-order valence-electron chi connectivity index (χ4n) is 1.40. The van der Waals surface area contributed by atoms with Gasteiger partial charge in [-0.1, -0.05) is 0 Å². The van der Waals surface area contributed by atoms with Crippen molar-refractivity contribution in [1.29, 1.82) is 5.26 Å². The molecule has 0 spiro atoms. The maximum Gasteiger partial charge on any atom is 0.338 e. The first-order chi connectivity index (χ1) is 8.89. The Morgan fingerprint density at radius 1 is 1.47 bits per heavy atom. The highest BCUT2D eigenvalue weighted by Crippen LogP contribution is 2.23. The van der Waals surface area contributed by atoms with Gasteiger partial charge in [0.25, 0.3) is 0 Å². The Morgan fingerprint density at radius 2 is 2.16 bits per heavy atom. The van der Waals surface area contributed by atoms with E-state index in [0.717, 1.165) is 0 Å². The lowest BCUT2D eigenvalue weighted by molar-refractivity contribution is 0.0475. The van der Waals surface area contributed by atoms with Crippen molar-refractivity contribution in [3.05, 3.63) is 23.8 Å². The van der Waals surface area contributed by atoms with E-state index in [2.05, 4.69) is 6.07 Å². The van der Waals surface area contributed by atoms with Crippen LogP contribution >= 0.6 is 0 Å². The zero-order valence-electron chi connectivity index (χ0n) is 11.4. The van der Waals surface area contributed by atoms with Crippen LogP contribution in [0.1, 0.15) is 30.6 Å². The third-order valence-electron chi connectivity index (χ3n) is 2.73. The van der Waals surface area contributed by atoms with Crippen LogP contribution in [0.25, 0.3) is 0 Å². The highest BCUT2D eigenvalue weighted by molar-refractivity contribution is 5.91. The van der Waals surface area contributed by atoms with Crippen molar-refractivity contribution < 1.29 is 14.3 Å². The fraction of sp³-hybridized carbons (Fsp3) is 0.429. The van der Waals surface area contributed by atoms with E-state index in [1.54, 1.807) is 26.0 Å². The number of carbonyl (C=O) groups is 1. The Morgan fingerprint density at radius 3 is 2.68 bits per heavy atom. The zero-order chi connectivity index (χ0) is 14.5. The number of benzene rings is 1. The molecule has 19 heavy (non-hydrogen) atoms. The third kappa shape index (κ3) is 4.18. The quantitative estimate of drug-likeness (QED) is 0.650. The minimum absolute atomic E-state index is 0.200. The summed E-state index contributed by atoms with van der Waals surface area (Å²) >= 11 is 0. The largest absolute Gasteiger partial charge is 0.495 e. The van der Waals surface area contributed by atoms with Gasteiger partial charge in [-0.15, -0.1) is 0 Å². The Hall–Kier alpha value is -2.22. The van der Waals surface area contributed by atoms with Crippen LogP contribution in [-0.4, -0.2) is 19.7 Å². The lowest BCUT2D eigenvalue weighted by atomic mass is 9.92. The Bertz CT molecular complexity index is 504. The molecule has 102 valence electrons. The Balaban J connectivity index is 2.60. The molecule has 0 heterocycles. The van der Waals surface area contributed by atoms with Crippen LogP contribution in [0.5, 0.6) is 5.75 Å². The second kappa shape index (κ2) is 6.10.